The summed E-state index contributed by atoms with van der Waals surface area (Å²) in [4.78, 5) is 25.7. The van der Waals surface area contributed by atoms with E-state index in [1.165, 1.54) is 6.07 Å². The number of carboxylic acid groups (broad SMARTS) is 1. The van der Waals surface area contributed by atoms with Gasteiger partial charge in [-0.25, -0.2) is 4.79 Å². The predicted molar refractivity (Wildman–Crippen MR) is 89.6 cm³/mol. The van der Waals surface area contributed by atoms with Gasteiger partial charge in [0.15, 0.2) is 0 Å². The summed E-state index contributed by atoms with van der Waals surface area (Å²) < 4.78 is 0. The van der Waals surface area contributed by atoms with Crippen LogP contribution >= 0.6 is 0 Å². The molecule has 3 aromatic rings. The van der Waals surface area contributed by atoms with Gasteiger partial charge in [-0.1, -0.05) is 54.6 Å². The lowest BCUT2D eigenvalue weighted by atomic mass is 10.0. The third-order valence-corrected chi connectivity index (χ3v) is 3.68. The number of carbonyl (C=O) groups is 1. The average Bonchev–Trinajstić information content (AvgIpc) is 2.62. The Morgan fingerprint density at radius 3 is 2.12 bits per heavy atom. The molecule has 0 amide bonds. The van der Waals surface area contributed by atoms with E-state index < -0.39 is 17.1 Å². The Labute approximate surface area is 137 Å². The summed E-state index contributed by atoms with van der Waals surface area (Å²) in [7, 11) is 0. The molecule has 0 aliphatic rings. The van der Waals surface area contributed by atoms with Gasteiger partial charge in [0, 0.05) is 5.69 Å². The van der Waals surface area contributed by atoms with E-state index in [0.29, 0.717) is 11.3 Å². The topological polar surface area (TPSA) is 93.9 Å². The summed E-state index contributed by atoms with van der Waals surface area (Å²) in [5.41, 5.74) is 1.68. The lowest BCUT2D eigenvalue weighted by molar-refractivity contribution is 0.0696. The van der Waals surface area contributed by atoms with Crippen molar-refractivity contribution in [3.8, 4) is 28.5 Å². The van der Waals surface area contributed by atoms with Crippen molar-refractivity contribution in [1.82, 2.24) is 4.98 Å². The van der Waals surface area contributed by atoms with Crippen LogP contribution in [-0.2, 0) is 0 Å². The highest BCUT2D eigenvalue weighted by Crippen LogP contribution is 2.24. The average molecular weight is 316 g/mol. The Hall–Kier alpha value is -3.65. The maximum Gasteiger partial charge on any atom is 0.337 e. The maximum atomic E-state index is 11.9. The smallest absolute Gasteiger partial charge is 0.337 e. The van der Waals surface area contributed by atoms with Gasteiger partial charge < -0.3 is 10.1 Å². The third-order valence-electron chi connectivity index (χ3n) is 3.68. The number of rotatable bonds is 3. The van der Waals surface area contributed by atoms with Crippen molar-refractivity contribution in [2.24, 2.45) is 0 Å². The first kappa shape index (κ1) is 15.3. The van der Waals surface area contributed by atoms with Crippen molar-refractivity contribution in [3.05, 3.63) is 82.1 Å². The molecule has 0 atom stereocenters. The van der Waals surface area contributed by atoms with Gasteiger partial charge in [-0.15, -0.1) is 0 Å². The van der Waals surface area contributed by atoms with E-state index in [-0.39, 0.29) is 5.56 Å². The normalized spacial score (nSPS) is 10.1. The van der Waals surface area contributed by atoms with Crippen LogP contribution in [0.5, 0.6) is 0 Å². The second kappa shape index (κ2) is 6.23. The molecule has 0 radical (unpaired) electrons. The molecule has 0 saturated heterocycles. The quantitative estimate of drug-likeness (QED) is 0.775. The van der Waals surface area contributed by atoms with E-state index in [2.05, 4.69) is 4.98 Å². The highest BCUT2D eigenvalue weighted by Gasteiger charge is 2.16. The number of nitrogens with one attached hydrogen (secondary N) is 1. The van der Waals surface area contributed by atoms with E-state index in [9.17, 15) is 14.7 Å². The molecule has 116 valence electrons. The summed E-state index contributed by atoms with van der Waals surface area (Å²) in [5.74, 6) is -1.31. The summed E-state index contributed by atoms with van der Waals surface area (Å²) in [6, 6.07) is 20.1. The molecular formula is C19H12N2O3. The zero-order valence-corrected chi connectivity index (χ0v) is 12.5. The van der Waals surface area contributed by atoms with Crippen LogP contribution < -0.4 is 5.56 Å². The first-order chi connectivity index (χ1) is 11.6. The number of aromatic carboxylic acids is 1. The first-order valence-corrected chi connectivity index (χ1v) is 7.16. The van der Waals surface area contributed by atoms with Gasteiger partial charge in [-0.3, -0.25) is 4.79 Å². The van der Waals surface area contributed by atoms with E-state index >= 15 is 0 Å². The molecule has 24 heavy (non-hydrogen) atoms. The first-order valence-electron chi connectivity index (χ1n) is 7.16. The van der Waals surface area contributed by atoms with E-state index in [0.717, 1.165) is 11.1 Å². The minimum atomic E-state index is -1.31. The summed E-state index contributed by atoms with van der Waals surface area (Å²) in [6.07, 6.45) is 0. The molecule has 5 heteroatoms. The van der Waals surface area contributed by atoms with Gasteiger partial charge in [-0.05, 0) is 22.8 Å². The molecular weight excluding hydrogens is 304 g/mol. The number of hydrogen-bond donors (Lipinski definition) is 2. The zero-order chi connectivity index (χ0) is 17.1. The van der Waals surface area contributed by atoms with Crippen molar-refractivity contribution in [2.45, 2.75) is 0 Å². The summed E-state index contributed by atoms with van der Waals surface area (Å²) >= 11 is 0. The highest BCUT2D eigenvalue weighted by atomic mass is 16.4. The number of benzene rings is 2. The van der Waals surface area contributed by atoms with Gasteiger partial charge in [0.1, 0.15) is 11.6 Å². The lowest BCUT2D eigenvalue weighted by Crippen LogP contribution is -2.17. The van der Waals surface area contributed by atoms with Crippen LogP contribution in [-0.4, -0.2) is 16.1 Å². The van der Waals surface area contributed by atoms with Gasteiger partial charge in [-0.2, -0.15) is 5.26 Å². The minimum absolute atomic E-state index is 0.302. The van der Waals surface area contributed by atoms with Crippen molar-refractivity contribution >= 4 is 5.97 Å². The van der Waals surface area contributed by atoms with E-state index in [4.69, 9.17) is 5.26 Å². The number of aromatic nitrogens is 1. The van der Waals surface area contributed by atoms with Gasteiger partial charge in [0.2, 0.25) is 0 Å². The Balaban J connectivity index is 2.06. The second-order valence-electron chi connectivity index (χ2n) is 5.16. The molecule has 0 aliphatic carbocycles. The van der Waals surface area contributed by atoms with E-state index in [1.54, 1.807) is 18.2 Å². The van der Waals surface area contributed by atoms with Crippen LogP contribution in [0.3, 0.4) is 0 Å². The second-order valence-corrected chi connectivity index (χ2v) is 5.16. The molecule has 0 bridgehead atoms. The number of nitriles is 1. The van der Waals surface area contributed by atoms with Gasteiger partial charge >= 0.3 is 5.97 Å². The number of aromatic amines is 1. The predicted octanol–water partition coefficient (Wildman–Crippen LogP) is 3.28. The summed E-state index contributed by atoms with van der Waals surface area (Å²) in [5, 5.41) is 18.1. The molecule has 0 aliphatic heterocycles. The Morgan fingerprint density at radius 1 is 0.958 bits per heavy atom. The van der Waals surface area contributed by atoms with Crippen molar-refractivity contribution < 1.29 is 9.90 Å². The number of nitrogens with zero attached hydrogens (tertiary/aromatic N) is 1. The van der Waals surface area contributed by atoms with Crippen LogP contribution in [0.15, 0.2) is 65.5 Å². The fraction of sp³-hybridized carbons (Fsp3) is 0. The lowest BCUT2D eigenvalue weighted by Gasteiger charge is -2.06. The maximum absolute atomic E-state index is 11.9. The molecule has 1 aromatic heterocycles. The summed E-state index contributed by atoms with van der Waals surface area (Å²) in [6.45, 7) is 0. The largest absolute Gasteiger partial charge is 0.478 e. The number of hydrogen-bond acceptors (Lipinski definition) is 3. The molecule has 2 aromatic carbocycles. The molecule has 2 N–H and O–H groups in total. The minimum Gasteiger partial charge on any atom is -0.478 e. The number of pyridine rings is 1. The Kier molecular flexibility index (Phi) is 3.96. The van der Waals surface area contributed by atoms with Crippen molar-refractivity contribution in [2.75, 3.05) is 0 Å². The highest BCUT2D eigenvalue weighted by molar-refractivity contribution is 5.91. The zero-order valence-electron chi connectivity index (χ0n) is 12.5. The molecule has 3 rings (SSSR count). The van der Waals surface area contributed by atoms with Crippen LogP contribution in [0.2, 0.25) is 0 Å². The number of H-pyrrole nitrogens is 1. The SMILES string of the molecule is N#Cc1c(C(=O)O)cc(-c2ccc(-c3ccccc3)cc2)[nH]c1=O. The van der Waals surface area contributed by atoms with E-state index in [1.807, 2.05) is 42.5 Å². The monoisotopic (exact) mass is 316 g/mol. The van der Waals surface area contributed by atoms with Crippen molar-refractivity contribution in [1.29, 1.82) is 5.26 Å². The van der Waals surface area contributed by atoms with Gasteiger partial charge in [0.25, 0.3) is 5.56 Å². The number of carboxylic acids is 1. The van der Waals surface area contributed by atoms with Crippen LogP contribution in [0, 0.1) is 11.3 Å². The molecule has 1 heterocycles. The Bertz CT molecular complexity index is 998. The fourth-order valence-corrected chi connectivity index (χ4v) is 2.47. The molecule has 5 nitrogen and oxygen atoms in total. The molecule has 0 saturated carbocycles. The van der Waals surface area contributed by atoms with Crippen LogP contribution in [0.4, 0.5) is 0 Å². The third kappa shape index (κ3) is 2.81. The van der Waals surface area contributed by atoms with Crippen LogP contribution in [0.25, 0.3) is 22.4 Å². The molecule has 0 fully saturated rings. The van der Waals surface area contributed by atoms with Crippen molar-refractivity contribution in [3.63, 3.8) is 0 Å². The Morgan fingerprint density at radius 2 is 1.54 bits per heavy atom. The standard InChI is InChI=1S/C19H12N2O3/c20-11-16-15(19(23)24)10-17(21-18(16)22)14-8-6-13(7-9-14)12-4-2-1-3-5-12/h1-10H,(H,21,22)(H,23,24). The van der Waals surface area contributed by atoms with Crippen LogP contribution in [0.1, 0.15) is 15.9 Å². The fourth-order valence-electron chi connectivity index (χ4n) is 2.47. The van der Waals surface area contributed by atoms with Gasteiger partial charge in [0.05, 0.1) is 5.56 Å². The molecule has 0 spiro atoms. The molecule has 0 unspecified atom stereocenters.